The lowest BCUT2D eigenvalue weighted by Crippen LogP contribution is -2.29. The molecule has 0 saturated carbocycles. The molecule has 20 heavy (non-hydrogen) atoms. The Morgan fingerprint density at radius 1 is 1.15 bits per heavy atom. The van der Waals surface area contributed by atoms with Crippen LogP contribution in [-0.4, -0.2) is 16.5 Å². The van der Waals surface area contributed by atoms with Gasteiger partial charge in [0.15, 0.2) is 0 Å². The van der Waals surface area contributed by atoms with E-state index in [0.717, 1.165) is 11.3 Å². The third-order valence-corrected chi connectivity index (χ3v) is 6.04. The molecule has 0 spiro atoms. The quantitative estimate of drug-likeness (QED) is 0.942. The molecule has 0 aromatic heterocycles. The van der Waals surface area contributed by atoms with Crippen LogP contribution < -0.4 is 5.32 Å². The Kier molecular flexibility index (Phi) is 3.92. The fourth-order valence-corrected chi connectivity index (χ4v) is 4.89. The van der Waals surface area contributed by atoms with E-state index < -0.39 is 10.8 Å². The standard InChI is InChI=1S/C16H16ClNOS/c1-18-16-12-7-3-2-6-11(12)10-15(16)20(19)14-9-5-4-8-13(14)17/h2-9,15-16,18H,10H2,1H3. The lowest BCUT2D eigenvalue weighted by atomic mass is 10.1. The maximum absolute atomic E-state index is 12.9. The molecule has 0 aliphatic heterocycles. The molecule has 2 aromatic rings. The van der Waals surface area contributed by atoms with Crippen molar-refractivity contribution in [2.75, 3.05) is 7.05 Å². The van der Waals surface area contributed by atoms with Gasteiger partial charge in [-0.15, -0.1) is 0 Å². The molecule has 0 amide bonds. The zero-order valence-corrected chi connectivity index (χ0v) is 12.7. The van der Waals surface area contributed by atoms with E-state index >= 15 is 0 Å². The Morgan fingerprint density at radius 2 is 1.85 bits per heavy atom. The second-order valence-electron chi connectivity index (χ2n) is 4.94. The monoisotopic (exact) mass is 305 g/mol. The lowest BCUT2D eigenvalue weighted by Gasteiger charge is -2.20. The summed E-state index contributed by atoms with van der Waals surface area (Å²) in [7, 11) is 0.799. The molecule has 0 fully saturated rings. The fourth-order valence-electron chi connectivity index (χ4n) is 2.87. The number of fused-ring (bicyclic) bond motifs is 1. The Balaban J connectivity index is 1.96. The van der Waals surface area contributed by atoms with E-state index in [9.17, 15) is 4.21 Å². The van der Waals surface area contributed by atoms with Crippen molar-refractivity contribution in [2.24, 2.45) is 0 Å². The summed E-state index contributed by atoms with van der Waals surface area (Å²) >= 11 is 6.19. The first kappa shape index (κ1) is 13.8. The van der Waals surface area contributed by atoms with E-state index in [2.05, 4.69) is 17.4 Å². The molecule has 1 aliphatic carbocycles. The Hall–Kier alpha value is -1.16. The third kappa shape index (κ3) is 2.30. The average Bonchev–Trinajstić information content (AvgIpc) is 2.85. The predicted octanol–water partition coefficient (Wildman–Crippen LogP) is 3.33. The van der Waals surface area contributed by atoms with Gasteiger partial charge >= 0.3 is 0 Å². The van der Waals surface area contributed by atoms with Gasteiger partial charge in [-0.25, -0.2) is 0 Å². The van der Waals surface area contributed by atoms with Gasteiger partial charge in [0, 0.05) is 6.04 Å². The molecular weight excluding hydrogens is 290 g/mol. The minimum Gasteiger partial charge on any atom is -0.312 e. The average molecular weight is 306 g/mol. The molecule has 3 unspecified atom stereocenters. The van der Waals surface area contributed by atoms with Crippen LogP contribution in [0.3, 0.4) is 0 Å². The maximum atomic E-state index is 12.9. The lowest BCUT2D eigenvalue weighted by molar-refractivity contribution is 0.581. The van der Waals surface area contributed by atoms with E-state index in [1.807, 2.05) is 37.4 Å². The number of nitrogens with one attached hydrogen (secondary N) is 1. The second kappa shape index (κ2) is 5.68. The van der Waals surface area contributed by atoms with Gasteiger partial charge in [-0.1, -0.05) is 48.0 Å². The van der Waals surface area contributed by atoms with Crippen molar-refractivity contribution >= 4 is 22.4 Å². The number of benzene rings is 2. The molecule has 0 radical (unpaired) electrons. The maximum Gasteiger partial charge on any atom is 0.0630 e. The van der Waals surface area contributed by atoms with E-state index in [1.54, 1.807) is 6.07 Å². The topological polar surface area (TPSA) is 29.1 Å². The molecule has 3 rings (SSSR count). The van der Waals surface area contributed by atoms with E-state index in [0.29, 0.717) is 5.02 Å². The summed E-state index contributed by atoms with van der Waals surface area (Å²) in [6, 6.07) is 15.8. The zero-order chi connectivity index (χ0) is 14.1. The summed E-state index contributed by atoms with van der Waals surface area (Å²) in [4.78, 5) is 0.729. The predicted molar refractivity (Wildman–Crippen MR) is 83.6 cm³/mol. The van der Waals surface area contributed by atoms with Crippen molar-refractivity contribution in [1.29, 1.82) is 0 Å². The van der Waals surface area contributed by atoms with E-state index in [4.69, 9.17) is 11.6 Å². The second-order valence-corrected chi connectivity index (χ2v) is 6.98. The van der Waals surface area contributed by atoms with Gasteiger partial charge in [0.1, 0.15) is 0 Å². The Labute approximate surface area is 126 Å². The highest BCUT2D eigenvalue weighted by Crippen LogP contribution is 2.37. The van der Waals surface area contributed by atoms with Crippen molar-refractivity contribution < 1.29 is 4.21 Å². The van der Waals surface area contributed by atoms with Gasteiger partial charge in [0.25, 0.3) is 0 Å². The molecule has 1 N–H and O–H groups in total. The highest BCUT2D eigenvalue weighted by Gasteiger charge is 2.36. The summed E-state index contributed by atoms with van der Waals surface area (Å²) in [5.74, 6) is 0. The van der Waals surface area contributed by atoms with Crippen LogP contribution in [0.2, 0.25) is 5.02 Å². The summed E-state index contributed by atoms with van der Waals surface area (Å²) in [5.41, 5.74) is 2.53. The Morgan fingerprint density at radius 3 is 2.60 bits per heavy atom. The minimum atomic E-state index is -1.12. The van der Waals surface area contributed by atoms with Crippen molar-refractivity contribution in [2.45, 2.75) is 22.6 Å². The highest BCUT2D eigenvalue weighted by molar-refractivity contribution is 7.85. The number of rotatable bonds is 3. The van der Waals surface area contributed by atoms with Crippen LogP contribution in [-0.2, 0) is 17.2 Å². The molecule has 104 valence electrons. The fraction of sp³-hybridized carbons (Fsp3) is 0.250. The number of hydrogen-bond donors (Lipinski definition) is 1. The van der Waals surface area contributed by atoms with Crippen molar-refractivity contribution in [1.82, 2.24) is 5.32 Å². The van der Waals surface area contributed by atoms with E-state index in [1.165, 1.54) is 11.1 Å². The van der Waals surface area contributed by atoms with Crippen LogP contribution in [0.15, 0.2) is 53.4 Å². The highest BCUT2D eigenvalue weighted by atomic mass is 35.5. The minimum absolute atomic E-state index is 0.0253. The van der Waals surface area contributed by atoms with Gasteiger partial charge < -0.3 is 5.32 Å². The van der Waals surface area contributed by atoms with Crippen LogP contribution in [0.25, 0.3) is 0 Å². The van der Waals surface area contributed by atoms with Crippen LogP contribution in [0.4, 0.5) is 0 Å². The molecule has 2 aromatic carbocycles. The third-order valence-electron chi connectivity index (χ3n) is 3.82. The van der Waals surface area contributed by atoms with Gasteiger partial charge in [0.2, 0.25) is 0 Å². The molecule has 4 heteroatoms. The van der Waals surface area contributed by atoms with Crippen LogP contribution in [0, 0.1) is 0 Å². The molecule has 0 heterocycles. The summed E-state index contributed by atoms with van der Waals surface area (Å²) < 4.78 is 12.9. The number of halogens is 1. The smallest absolute Gasteiger partial charge is 0.0630 e. The molecular formula is C16H16ClNOS. The molecule has 1 aliphatic rings. The van der Waals surface area contributed by atoms with Gasteiger partial charge in [-0.3, -0.25) is 4.21 Å². The first-order valence-electron chi connectivity index (χ1n) is 6.62. The SMILES string of the molecule is CNC1c2ccccc2CC1S(=O)c1ccccc1Cl. The van der Waals surface area contributed by atoms with Crippen molar-refractivity contribution in [3.8, 4) is 0 Å². The molecule has 3 atom stereocenters. The molecule has 2 nitrogen and oxygen atoms in total. The molecule has 0 bridgehead atoms. The summed E-state index contributed by atoms with van der Waals surface area (Å²) in [6.07, 6.45) is 0.819. The first-order chi connectivity index (χ1) is 9.72. The summed E-state index contributed by atoms with van der Waals surface area (Å²) in [6.45, 7) is 0. The van der Waals surface area contributed by atoms with Gasteiger partial charge in [-0.2, -0.15) is 0 Å². The van der Waals surface area contributed by atoms with Crippen LogP contribution in [0.5, 0.6) is 0 Å². The largest absolute Gasteiger partial charge is 0.312 e. The normalized spacial score (nSPS) is 22.5. The zero-order valence-electron chi connectivity index (χ0n) is 11.2. The van der Waals surface area contributed by atoms with Gasteiger partial charge in [-0.05, 0) is 36.7 Å². The Bertz CT molecular complexity index is 658. The number of hydrogen-bond acceptors (Lipinski definition) is 2. The first-order valence-corrected chi connectivity index (χ1v) is 8.21. The van der Waals surface area contributed by atoms with Gasteiger partial charge in [0.05, 0.1) is 26.0 Å². The van der Waals surface area contributed by atoms with Crippen molar-refractivity contribution in [3.05, 3.63) is 64.7 Å². The van der Waals surface area contributed by atoms with Crippen molar-refractivity contribution in [3.63, 3.8) is 0 Å². The molecule has 0 saturated heterocycles. The van der Waals surface area contributed by atoms with Crippen LogP contribution in [0.1, 0.15) is 17.2 Å². The summed E-state index contributed by atoms with van der Waals surface area (Å²) in [5, 5.41) is 3.91. The van der Waals surface area contributed by atoms with E-state index in [-0.39, 0.29) is 11.3 Å². The van der Waals surface area contributed by atoms with Crippen LogP contribution >= 0.6 is 11.6 Å².